The molecule has 8 heteroatoms. The van der Waals surface area contributed by atoms with Crippen molar-refractivity contribution < 1.29 is 24.2 Å². The van der Waals surface area contributed by atoms with E-state index >= 15 is 0 Å². The molecule has 3 N–H and O–H groups in total. The number of alkyl carbamates (subject to hydrolysis) is 1. The van der Waals surface area contributed by atoms with E-state index in [-0.39, 0.29) is 31.9 Å². The van der Waals surface area contributed by atoms with Crippen LogP contribution >= 0.6 is 15.9 Å². The number of hydrogen-bond acceptors (Lipinski definition) is 4. The summed E-state index contributed by atoms with van der Waals surface area (Å²) in [4.78, 5) is 36.4. The van der Waals surface area contributed by atoms with Crippen molar-refractivity contribution in [3.8, 4) is 11.1 Å². The monoisotopic (exact) mass is 536 g/mol. The number of carboxylic acids is 1. The Kier molecular flexibility index (Phi) is 7.82. The molecule has 4 rings (SSSR count). The molecule has 1 atom stereocenters. The van der Waals surface area contributed by atoms with E-state index in [9.17, 15) is 14.4 Å². The molecule has 180 valence electrons. The van der Waals surface area contributed by atoms with Crippen LogP contribution in [0.25, 0.3) is 11.1 Å². The van der Waals surface area contributed by atoms with Crippen LogP contribution < -0.4 is 10.6 Å². The van der Waals surface area contributed by atoms with Crippen LogP contribution in [0, 0.1) is 0 Å². The van der Waals surface area contributed by atoms with E-state index in [1.54, 1.807) is 0 Å². The second-order valence-corrected chi connectivity index (χ2v) is 9.21. The van der Waals surface area contributed by atoms with Gasteiger partial charge >= 0.3 is 12.1 Å². The molecule has 7 nitrogen and oxygen atoms in total. The second-order valence-electron chi connectivity index (χ2n) is 8.30. The first-order valence-electron chi connectivity index (χ1n) is 11.3. The standard InChI is InChI=1S/C27H25BrN2O5/c28-18-11-9-17(10-12-18)15-29-26(33)24(13-14-25(31)32)30-27(34)35-16-23-21-7-3-1-5-19(21)20-6-2-4-8-22(20)23/h1-12,23-24H,13-16H2,(H,29,33)(H,30,34)(H,31,32). The normalized spacial score (nSPS) is 12.8. The minimum absolute atomic E-state index is 0.0499. The van der Waals surface area contributed by atoms with E-state index < -0.39 is 24.0 Å². The third-order valence-electron chi connectivity index (χ3n) is 5.98. The number of benzene rings is 3. The summed E-state index contributed by atoms with van der Waals surface area (Å²) < 4.78 is 6.44. The third-order valence-corrected chi connectivity index (χ3v) is 6.51. The van der Waals surface area contributed by atoms with Gasteiger partial charge in [-0.2, -0.15) is 0 Å². The van der Waals surface area contributed by atoms with E-state index in [4.69, 9.17) is 9.84 Å². The number of aliphatic carboxylic acids is 1. The van der Waals surface area contributed by atoms with Crippen molar-refractivity contribution in [3.05, 3.63) is 94.0 Å². The maximum atomic E-state index is 12.7. The van der Waals surface area contributed by atoms with Gasteiger partial charge in [0.1, 0.15) is 12.6 Å². The third kappa shape index (κ3) is 6.08. The van der Waals surface area contributed by atoms with Crippen LogP contribution in [0.15, 0.2) is 77.3 Å². The lowest BCUT2D eigenvalue weighted by Crippen LogP contribution is -2.47. The topological polar surface area (TPSA) is 105 Å². The van der Waals surface area contributed by atoms with Crippen molar-refractivity contribution in [2.75, 3.05) is 6.61 Å². The van der Waals surface area contributed by atoms with Gasteiger partial charge in [-0.1, -0.05) is 76.6 Å². The zero-order chi connectivity index (χ0) is 24.8. The zero-order valence-electron chi connectivity index (χ0n) is 18.9. The summed E-state index contributed by atoms with van der Waals surface area (Å²) in [6, 6.07) is 22.4. The maximum absolute atomic E-state index is 12.7. The number of nitrogens with one attached hydrogen (secondary N) is 2. The van der Waals surface area contributed by atoms with Gasteiger partial charge in [-0.05, 0) is 46.4 Å². The number of ether oxygens (including phenoxy) is 1. The number of amides is 2. The lowest BCUT2D eigenvalue weighted by molar-refractivity contribution is -0.137. The molecule has 0 fully saturated rings. The van der Waals surface area contributed by atoms with Crippen LogP contribution in [0.2, 0.25) is 0 Å². The Morgan fingerprint density at radius 1 is 0.914 bits per heavy atom. The van der Waals surface area contributed by atoms with E-state index in [1.807, 2.05) is 72.8 Å². The number of carbonyl (C=O) groups is 3. The largest absolute Gasteiger partial charge is 0.481 e. The summed E-state index contributed by atoms with van der Waals surface area (Å²) in [6.45, 7) is 0.355. The van der Waals surface area contributed by atoms with Crippen LogP contribution in [-0.2, 0) is 20.9 Å². The number of carboxylic acid groups (broad SMARTS) is 1. The first-order chi connectivity index (χ1) is 16.9. The minimum Gasteiger partial charge on any atom is -0.481 e. The van der Waals surface area contributed by atoms with Crippen LogP contribution in [0.4, 0.5) is 4.79 Å². The highest BCUT2D eigenvalue weighted by Gasteiger charge is 2.30. The Labute approximate surface area is 211 Å². The molecule has 0 radical (unpaired) electrons. The Morgan fingerprint density at radius 2 is 1.51 bits per heavy atom. The van der Waals surface area contributed by atoms with E-state index in [0.717, 1.165) is 32.3 Å². The average Bonchev–Trinajstić information content (AvgIpc) is 3.18. The molecular formula is C27H25BrN2O5. The van der Waals surface area contributed by atoms with Crippen LogP contribution in [0.5, 0.6) is 0 Å². The molecule has 0 spiro atoms. The van der Waals surface area contributed by atoms with Gasteiger partial charge in [0.15, 0.2) is 0 Å². The fourth-order valence-corrected chi connectivity index (χ4v) is 4.50. The van der Waals surface area contributed by atoms with Crippen molar-refractivity contribution in [3.63, 3.8) is 0 Å². The number of rotatable bonds is 9. The molecule has 2 amide bonds. The van der Waals surface area contributed by atoms with Gasteiger partial charge in [0.05, 0.1) is 0 Å². The summed E-state index contributed by atoms with van der Waals surface area (Å²) in [5.74, 6) is -1.63. The number of halogens is 1. The van der Waals surface area contributed by atoms with Gasteiger partial charge in [-0.15, -0.1) is 0 Å². The summed E-state index contributed by atoms with van der Waals surface area (Å²) in [7, 11) is 0. The van der Waals surface area contributed by atoms with E-state index in [1.165, 1.54) is 0 Å². The van der Waals surface area contributed by atoms with Gasteiger partial charge in [0, 0.05) is 23.4 Å². The molecule has 0 bridgehead atoms. The SMILES string of the molecule is O=C(O)CCC(NC(=O)OCC1c2ccccc2-c2ccccc21)C(=O)NCc1ccc(Br)cc1. The first-order valence-corrected chi connectivity index (χ1v) is 12.1. The van der Waals surface area contributed by atoms with Gasteiger partial charge < -0.3 is 20.5 Å². The van der Waals surface area contributed by atoms with Crippen molar-refractivity contribution >= 4 is 33.9 Å². The fourth-order valence-electron chi connectivity index (χ4n) is 4.23. The van der Waals surface area contributed by atoms with Crippen molar-refractivity contribution in [2.45, 2.75) is 31.3 Å². The Bertz CT molecular complexity index is 1180. The molecule has 3 aromatic carbocycles. The summed E-state index contributed by atoms with van der Waals surface area (Å²) in [6.07, 6.45) is -1.08. The molecule has 0 heterocycles. The molecule has 1 aliphatic rings. The van der Waals surface area contributed by atoms with Gasteiger partial charge in [-0.3, -0.25) is 9.59 Å². The van der Waals surface area contributed by atoms with Gasteiger partial charge in [0.25, 0.3) is 0 Å². The maximum Gasteiger partial charge on any atom is 0.407 e. The molecular weight excluding hydrogens is 512 g/mol. The molecule has 3 aromatic rings. The predicted octanol–water partition coefficient (Wildman–Crippen LogP) is 4.84. The quantitative estimate of drug-likeness (QED) is 0.363. The van der Waals surface area contributed by atoms with Crippen LogP contribution in [-0.4, -0.2) is 35.7 Å². The molecule has 1 unspecified atom stereocenters. The van der Waals surface area contributed by atoms with Crippen LogP contribution in [0.1, 0.15) is 35.4 Å². The average molecular weight is 537 g/mol. The minimum atomic E-state index is -1.05. The van der Waals surface area contributed by atoms with Gasteiger partial charge in [-0.25, -0.2) is 4.79 Å². The van der Waals surface area contributed by atoms with Crippen LogP contribution in [0.3, 0.4) is 0 Å². The highest BCUT2D eigenvalue weighted by atomic mass is 79.9. The molecule has 0 saturated carbocycles. The highest BCUT2D eigenvalue weighted by molar-refractivity contribution is 9.10. The van der Waals surface area contributed by atoms with E-state index in [0.29, 0.717) is 0 Å². The molecule has 35 heavy (non-hydrogen) atoms. The Hall–Kier alpha value is -3.65. The Morgan fingerprint density at radius 3 is 2.11 bits per heavy atom. The molecule has 1 aliphatic carbocycles. The summed E-state index contributed by atoms with van der Waals surface area (Å²) >= 11 is 3.36. The number of fused-ring (bicyclic) bond motifs is 3. The van der Waals surface area contributed by atoms with Gasteiger partial charge in [0.2, 0.25) is 5.91 Å². The summed E-state index contributed by atoms with van der Waals surface area (Å²) in [5.41, 5.74) is 5.26. The van der Waals surface area contributed by atoms with Crippen molar-refractivity contribution in [2.24, 2.45) is 0 Å². The van der Waals surface area contributed by atoms with Crippen molar-refractivity contribution in [1.82, 2.24) is 10.6 Å². The van der Waals surface area contributed by atoms with E-state index in [2.05, 4.69) is 26.6 Å². The predicted molar refractivity (Wildman–Crippen MR) is 135 cm³/mol. The molecule has 0 saturated heterocycles. The number of hydrogen-bond donors (Lipinski definition) is 3. The molecule has 0 aromatic heterocycles. The molecule has 0 aliphatic heterocycles. The Balaban J connectivity index is 1.38. The van der Waals surface area contributed by atoms with Crippen molar-refractivity contribution in [1.29, 1.82) is 0 Å². The zero-order valence-corrected chi connectivity index (χ0v) is 20.5. The lowest BCUT2D eigenvalue weighted by Gasteiger charge is -2.19. The second kappa shape index (κ2) is 11.2. The lowest BCUT2D eigenvalue weighted by atomic mass is 9.98. The smallest absolute Gasteiger partial charge is 0.407 e. The number of carbonyl (C=O) groups excluding carboxylic acids is 2. The summed E-state index contributed by atoms with van der Waals surface area (Å²) in [5, 5.41) is 14.4. The first kappa shape index (κ1) is 24.5. The highest BCUT2D eigenvalue weighted by Crippen LogP contribution is 2.44. The fraction of sp³-hybridized carbons (Fsp3) is 0.222.